The topological polar surface area (TPSA) is 37.3 Å². The van der Waals surface area contributed by atoms with Crippen LogP contribution in [0.3, 0.4) is 0 Å². The smallest absolute Gasteiger partial charge is 0.306 e. The highest BCUT2D eigenvalue weighted by Crippen LogP contribution is 2.38. The first-order chi connectivity index (χ1) is 5.66. The summed E-state index contributed by atoms with van der Waals surface area (Å²) < 4.78 is 0. The fourth-order valence-corrected chi connectivity index (χ4v) is 2.41. The lowest BCUT2D eigenvalue weighted by Gasteiger charge is -2.21. The molecule has 12 heavy (non-hydrogen) atoms. The standard InChI is InChI=1S/C10H18O2/c1-3-8-5-4-6-9(8)7(2)10(11)12/h7-9H,3-6H2,1-2H3,(H,11,12). The fourth-order valence-electron chi connectivity index (χ4n) is 2.41. The second-order valence-electron chi connectivity index (χ2n) is 3.89. The van der Waals surface area contributed by atoms with Gasteiger partial charge in [0.25, 0.3) is 0 Å². The molecule has 3 atom stereocenters. The van der Waals surface area contributed by atoms with Crippen molar-refractivity contribution in [3.8, 4) is 0 Å². The van der Waals surface area contributed by atoms with Gasteiger partial charge in [-0.2, -0.15) is 0 Å². The maximum absolute atomic E-state index is 10.7. The predicted molar refractivity (Wildman–Crippen MR) is 47.9 cm³/mol. The third-order valence-electron chi connectivity index (χ3n) is 3.27. The van der Waals surface area contributed by atoms with Crippen molar-refractivity contribution in [2.75, 3.05) is 0 Å². The molecule has 0 saturated heterocycles. The van der Waals surface area contributed by atoms with Crippen molar-refractivity contribution in [1.82, 2.24) is 0 Å². The molecule has 1 aliphatic carbocycles. The molecule has 1 fully saturated rings. The summed E-state index contributed by atoms with van der Waals surface area (Å²) in [6.07, 6.45) is 4.72. The van der Waals surface area contributed by atoms with Crippen molar-refractivity contribution >= 4 is 5.97 Å². The third kappa shape index (κ3) is 1.79. The number of carbonyl (C=O) groups is 1. The van der Waals surface area contributed by atoms with Crippen molar-refractivity contribution in [2.45, 2.75) is 39.5 Å². The van der Waals surface area contributed by atoms with Gasteiger partial charge in [-0.1, -0.05) is 33.1 Å². The summed E-state index contributed by atoms with van der Waals surface area (Å²) in [5.74, 6) is 0.335. The van der Waals surface area contributed by atoms with Gasteiger partial charge in [0.15, 0.2) is 0 Å². The highest BCUT2D eigenvalue weighted by molar-refractivity contribution is 5.69. The van der Waals surface area contributed by atoms with Gasteiger partial charge < -0.3 is 5.11 Å². The first-order valence-corrected chi connectivity index (χ1v) is 4.89. The number of rotatable bonds is 3. The van der Waals surface area contributed by atoms with Gasteiger partial charge >= 0.3 is 5.97 Å². The molecule has 0 spiro atoms. The van der Waals surface area contributed by atoms with Gasteiger partial charge in [-0.05, 0) is 18.3 Å². The van der Waals surface area contributed by atoms with Gasteiger partial charge in [0.2, 0.25) is 0 Å². The summed E-state index contributed by atoms with van der Waals surface area (Å²) in [7, 11) is 0. The van der Waals surface area contributed by atoms with Crippen LogP contribution in [-0.4, -0.2) is 11.1 Å². The first kappa shape index (κ1) is 9.56. The Bertz CT molecular complexity index is 165. The average molecular weight is 170 g/mol. The molecule has 0 aromatic carbocycles. The monoisotopic (exact) mass is 170 g/mol. The Labute approximate surface area is 74.0 Å². The van der Waals surface area contributed by atoms with Gasteiger partial charge in [0, 0.05) is 0 Å². The van der Waals surface area contributed by atoms with E-state index in [-0.39, 0.29) is 5.92 Å². The summed E-state index contributed by atoms with van der Waals surface area (Å²) in [4.78, 5) is 10.7. The van der Waals surface area contributed by atoms with E-state index in [0.717, 1.165) is 12.8 Å². The molecular weight excluding hydrogens is 152 g/mol. The Balaban J connectivity index is 2.55. The first-order valence-electron chi connectivity index (χ1n) is 4.89. The van der Waals surface area contributed by atoms with Crippen molar-refractivity contribution in [3.63, 3.8) is 0 Å². The SMILES string of the molecule is CCC1CCCC1C(C)C(=O)O. The van der Waals surface area contributed by atoms with Crippen molar-refractivity contribution in [2.24, 2.45) is 17.8 Å². The molecule has 2 heteroatoms. The van der Waals surface area contributed by atoms with E-state index in [0.29, 0.717) is 11.8 Å². The van der Waals surface area contributed by atoms with E-state index >= 15 is 0 Å². The Kier molecular flexibility index (Phi) is 3.12. The maximum atomic E-state index is 10.7. The molecule has 1 saturated carbocycles. The quantitative estimate of drug-likeness (QED) is 0.706. The van der Waals surface area contributed by atoms with Crippen LogP contribution in [0.4, 0.5) is 0 Å². The van der Waals surface area contributed by atoms with Gasteiger partial charge in [-0.25, -0.2) is 0 Å². The minimum absolute atomic E-state index is 0.141. The molecule has 1 N–H and O–H groups in total. The second kappa shape index (κ2) is 3.92. The van der Waals surface area contributed by atoms with E-state index in [1.807, 2.05) is 6.92 Å². The van der Waals surface area contributed by atoms with E-state index in [2.05, 4.69) is 6.92 Å². The van der Waals surface area contributed by atoms with Crippen LogP contribution in [-0.2, 0) is 4.79 Å². The van der Waals surface area contributed by atoms with Crippen LogP contribution in [0.1, 0.15) is 39.5 Å². The number of carboxylic acids is 1. The summed E-state index contributed by atoms with van der Waals surface area (Å²) in [5.41, 5.74) is 0. The summed E-state index contributed by atoms with van der Waals surface area (Å²) in [5, 5.41) is 8.86. The molecule has 3 unspecified atom stereocenters. The summed E-state index contributed by atoms with van der Waals surface area (Å²) >= 11 is 0. The van der Waals surface area contributed by atoms with Crippen molar-refractivity contribution in [3.05, 3.63) is 0 Å². The highest BCUT2D eigenvalue weighted by atomic mass is 16.4. The zero-order valence-electron chi connectivity index (χ0n) is 7.92. The van der Waals surface area contributed by atoms with Crippen molar-refractivity contribution in [1.29, 1.82) is 0 Å². The molecule has 1 aliphatic rings. The molecule has 70 valence electrons. The predicted octanol–water partition coefficient (Wildman–Crippen LogP) is 2.53. The van der Waals surface area contributed by atoms with E-state index < -0.39 is 5.97 Å². The van der Waals surface area contributed by atoms with Crippen LogP contribution in [0.15, 0.2) is 0 Å². The van der Waals surface area contributed by atoms with E-state index in [1.165, 1.54) is 12.8 Å². The van der Waals surface area contributed by atoms with Gasteiger partial charge in [-0.3, -0.25) is 4.79 Å². The Morgan fingerprint density at radius 1 is 1.58 bits per heavy atom. The lowest BCUT2D eigenvalue weighted by Crippen LogP contribution is -2.23. The summed E-state index contributed by atoms with van der Waals surface area (Å²) in [6.45, 7) is 4.01. The minimum Gasteiger partial charge on any atom is -0.481 e. The van der Waals surface area contributed by atoms with E-state index in [9.17, 15) is 4.79 Å². The van der Waals surface area contributed by atoms with Crippen LogP contribution >= 0.6 is 0 Å². The maximum Gasteiger partial charge on any atom is 0.306 e. The third-order valence-corrected chi connectivity index (χ3v) is 3.27. The largest absolute Gasteiger partial charge is 0.481 e. The van der Waals surface area contributed by atoms with Crippen LogP contribution in [0.5, 0.6) is 0 Å². The van der Waals surface area contributed by atoms with Gasteiger partial charge in [0.05, 0.1) is 5.92 Å². The average Bonchev–Trinajstić information content (AvgIpc) is 2.49. The van der Waals surface area contributed by atoms with E-state index in [1.54, 1.807) is 0 Å². The number of aliphatic carboxylic acids is 1. The zero-order chi connectivity index (χ0) is 9.14. The van der Waals surface area contributed by atoms with Crippen LogP contribution in [0.25, 0.3) is 0 Å². The Hall–Kier alpha value is -0.530. The molecule has 0 aromatic rings. The highest BCUT2D eigenvalue weighted by Gasteiger charge is 2.33. The second-order valence-corrected chi connectivity index (χ2v) is 3.89. The number of carboxylic acid groups (broad SMARTS) is 1. The zero-order valence-corrected chi connectivity index (χ0v) is 7.92. The minimum atomic E-state index is -0.625. The lowest BCUT2D eigenvalue weighted by molar-refractivity contribution is -0.143. The molecule has 0 aromatic heterocycles. The molecule has 2 nitrogen and oxygen atoms in total. The molecule has 0 radical (unpaired) electrons. The van der Waals surface area contributed by atoms with Gasteiger partial charge in [0.1, 0.15) is 0 Å². The lowest BCUT2D eigenvalue weighted by atomic mass is 9.84. The van der Waals surface area contributed by atoms with Crippen molar-refractivity contribution < 1.29 is 9.90 Å². The Morgan fingerprint density at radius 2 is 2.25 bits per heavy atom. The number of hydrogen-bond donors (Lipinski definition) is 1. The normalized spacial score (nSPS) is 31.8. The van der Waals surface area contributed by atoms with Gasteiger partial charge in [-0.15, -0.1) is 0 Å². The molecule has 0 bridgehead atoms. The summed E-state index contributed by atoms with van der Waals surface area (Å²) in [6, 6.07) is 0. The molecule has 0 heterocycles. The Morgan fingerprint density at radius 3 is 2.75 bits per heavy atom. The molecular formula is C10H18O2. The van der Waals surface area contributed by atoms with E-state index in [4.69, 9.17) is 5.11 Å². The van der Waals surface area contributed by atoms with Crippen LogP contribution < -0.4 is 0 Å². The van der Waals surface area contributed by atoms with Crippen LogP contribution in [0, 0.1) is 17.8 Å². The molecule has 1 rings (SSSR count). The number of hydrogen-bond acceptors (Lipinski definition) is 1. The van der Waals surface area contributed by atoms with Crippen LogP contribution in [0.2, 0.25) is 0 Å². The molecule has 0 amide bonds. The fraction of sp³-hybridized carbons (Fsp3) is 0.900. The molecule has 0 aliphatic heterocycles.